The number of aromatic nitrogens is 2. The fraction of sp³-hybridized carbons (Fsp3) is 0.133. The molecule has 0 aliphatic heterocycles. The number of aryl methyl sites for hydroxylation is 1. The quantitative estimate of drug-likeness (QED) is 0.782. The summed E-state index contributed by atoms with van der Waals surface area (Å²) in [6.07, 6.45) is 4.34. The summed E-state index contributed by atoms with van der Waals surface area (Å²) in [6, 6.07) is 11.6. The standard InChI is InChI=1S/C15H14N2O2/c1-11-7-12(10-19-11)15(18)13-8-16-17(9-13)14-5-3-2-4-6-14/h2-10,15,18H,1H3. The van der Waals surface area contributed by atoms with E-state index in [2.05, 4.69) is 5.10 Å². The van der Waals surface area contributed by atoms with Crippen LogP contribution in [-0.4, -0.2) is 14.9 Å². The Kier molecular flexibility index (Phi) is 2.93. The van der Waals surface area contributed by atoms with Crippen LogP contribution in [0.25, 0.3) is 5.69 Å². The van der Waals surface area contributed by atoms with Crippen molar-refractivity contribution >= 4 is 0 Å². The lowest BCUT2D eigenvalue weighted by Crippen LogP contribution is -1.97. The molecule has 1 aromatic carbocycles. The predicted molar refractivity (Wildman–Crippen MR) is 71.1 cm³/mol. The molecule has 0 saturated carbocycles. The normalized spacial score (nSPS) is 12.5. The molecule has 2 aromatic heterocycles. The Labute approximate surface area is 110 Å². The number of para-hydroxylation sites is 1. The van der Waals surface area contributed by atoms with E-state index in [-0.39, 0.29) is 0 Å². The van der Waals surface area contributed by atoms with Gasteiger partial charge in [0.2, 0.25) is 0 Å². The molecule has 0 aliphatic rings. The number of aliphatic hydroxyl groups is 1. The molecule has 1 N–H and O–H groups in total. The summed E-state index contributed by atoms with van der Waals surface area (Å²) in [5.74, 6) is 0.782. The average Bonchev–Trinajstić information content (AvgIpc) is 3.08. The van der Waals surface area contributed by atoms with E-state index < -0.39 is 6.10 Å². The third kappa shape index (κ3) is 2.30. The molecule has 0 spiro atoms. The number of rotatable bonds is 3. The van der Waals surface area contributed by atoms with E-state index in [9.17, 15) is 5.11 Å². The molecule has 0 bridgehead atoms. The topological polar surface area (TPSA) is 51.2 Å². The van der Waals surface area contributed by atoms with Gasteiger partial charge in [-0.25, -0.2) is 4.68 Å². The monoisotopic (exact) mass is 254 g/mol. The van der Waals surface area contributed by atoms with Gasteiger partial charge in [-0.15, -0.1) is 0 Å². The van der Waals surface area contributed by atoms with Gasteiger partial charge in [-0.1, -0.05) is 18.2 Å². The van der Waals surface area contributed by atoms with Crippen molar-refractivity contribution < 1.29 is 9.52 Å². The van der Waals surface area contributed by atoms with Crippen LogP contribution in [0.5, 0.6) is 0 Å². The van der Waals surface area contributed by atoms with Gasteiger partial charge in [0.25, 0.3) is 0 Å². The van der Waals surface area contributed by atoms with Gasteiger partial charge in [0.05, 0.1) is 18.1 Å². The van der Waals surface area contributed by atoms with Crippen LogP contribution in [0.2, 0.25) is 0 Å². The SMILES string of the molecule is Cc1cc(C(O)c2cnn(-c3ccccc3)c2)co1. The Balaban J connectivity index is 1.89. The molecule has 0 fully saturated rings. The minimum atomic E-state index is -0.713. The lowest BCUT2D eigenvalue weighted by molar-refractivity contribution is 0.219. The lowest BCUT2D eigenvalue weighted by Gasteiger charge is -2.04. The summed E-state index contributed by atoms with van der Waals surface area (Å²) < 4.78 is 6.95. The van der Waals surface area contributed by atoms with Gasteiger partial charge in [0, 0.05) is 17.3 Å². The van der Waals surface area contributed by atoms with Crippen LogP contribution in [0.1, 0.15) is 23.0 Å². The molecule has 19 heavy (non-hydrogen) atoms. The Bertz CT molecular complexity index is 670. The molecule has 1 unspecified atom stereocenters. The first-order valence-corrected chi connectivity index (χ1v) is 6.07. The fourth-order valence-electron chi connectivity index (χ4n) is 2.00. The third-order valence-corrected chi connectivity index (χ3v) is 3.01. The van der Waals surface area contributed by atoms with E-state index in [0.29, 0.717) is 0 Å². The molecule has 96 valence electrons. The molecule has 4 nitrogen and oxygen atoms in total. The zero-order valence-corrected chi connectivity index (χ0v) is 10.5. The molecule has 3 rings (SSSR count). The maximum absolute atomic E-state index is 10.3. The Morgan fingerprint density at radius 2 is 2.00 bits per heavy atom. The van der Waals surface area contributed by atoms with Gasteiger partial charge < -0.3 is 9.52 Å². The fourth-order valence-corrected chi connectivity index (χ4v) is 2.00. The van der Waals surface area contributed by atoms with Crippen LogP contribution in [0.15, 0.2) is 59.5 Å². The smallest absolute Gasteiger partial charge is 0.110 e. The van der Waals surface area contributed by atoms with Crippen molar-refractivity contribution in [3.63, 3.8) is 0 Å². The van der Waals surface area contributed by atoms with Gasteiger partial charge in [0.15, 0.2) is 0 Å². The molecular formula is C15H14N2O2. The van der Waals surface area contributed by atoms with Gasteiger partial charge in [-0.05, 0) is 25.1 Å². The molecule has 2 heterocycles. The largest absolute Gasteiger partial charge is 0.469 e. The van der Waals surface area contributed by atoms with Crippen LogP contribution in [0.4, 0.5) is 0 Å². The van der Waals surface area contributed by atoms with Gasteiger partial charge in [-0.3, -0.25) is 0 Å². The molecule has 1 atom stereocenters. The van der Waals surface area contributed by atoms with Crippen molar-refractivity contribution in [3.8, 4) is 5.69 Å². The van der Waals surface area contributed by atoms with Gasteiger partial charge in [-0.2, -0.15) is 5.10 Å². The highest BCUT2D eigenvalue weighted by Gasteiger charge is 2.15. The Morgan fingerprint density at radius 3 is 2.68 bits per heavy atom. The summed E-state index contributed by atoms with van der Waals surface area (Å²) in [4.78, 5) is 0. The zero-order valence-electron chi connectivity index (χ0n) is 10.5. The van der Waals surface area contributed by atoms with Gasteiger partial charge in [0.1, 0.15) is 11.9 Å². The molecule has 3 aromatic rings. The second kappa shape index (κ2) is 4.74. The van der Waals surface area contributed by atoms with Crippen LogP contribution in [0, 0.1) is 6.92 Å². The van der Waals surface area contributed by atoms with E-state index >= 15 is 0 Å². The number of hydrogen-bond donors (Lipinski definition) is 1. The van der Waals surface area contributed by atoms with Crippen LogP contribution in [0.3, 0.4) is 0 Å². The molecule has 4 heteroatoms. The average molecular weight is 254 g/mol. The maximum Gasteiger partial charge on any atom is 0.110 e. The van der Waals surface area contributed by atoms with Crippen LogP contribution in [-0.2, 0) is 0 Å². The summed E-state index contributed by atoms with van der Waals surface area (Å²) in [7, 11) is 0. The molecule has 0 radical (unpaired) electrons. The first-order chi connectivity index (χ1) is 9.24. The number of hydrogen-bond acceptors (Lipinski definition) is 3. The molecule has 0 saturated heterocycles. The number of aliphatic hydroxyl groups excluding tert-OH is 1. The van der Waals surface area contributed by atoms with Crippen molar-refractivity contribution in [3.05, 3.63) is 71.9 Å². The second-order valence-electron chi connectivity index (χ2n) is 4.45. The zero-order chi connectivity index (χ0) is 13.2. The highest BCUT2D eigenvalue weighted by molar-refractivity contribution is 5.33. The minimum Gasteiger partial charge on any atom is -0.469 e. The van der Waals surface area contributed by atoms with Gasteiger partial charge >= 0.3 is 0 Å². The highest BCUT2D eigenvalue weighted by atomic mass is 16.3. The van der Waals surface area contributed by atoms with E-state index in [1.165, 1.54) is 0 Å². The Hall–Kier alpha value is -2.33. The number of nitrogens with zero attached hydrogens (tertiary/aromatic N) is 2. The van der Waals surface area contributed by atoms with Crippen molar-refractivity contribution in [1.29, 1.82) is 0 Å². The lowest BCUT2D eigenvalue weighted by atomic mass is 10.1. The van der Waals surface area contributed by atoms with Crippen LogP contribution < -0.4 is 0 Å². The van der Waals surface area contributed by atoms with E-state index in [4.69, 9.17) is 4.42 Å². The van der Waals surface area contributed by atoms with E-state index in [1.807, 2.05) is 49.5 Å². The number of furan rings is 1. The first kappa shape index (κ1) is 11.7. The third-order valence-electron chi connectivity index (χ3n) is 3.01. The van der Waals surface area contributed by atoms with Crippen LogP contribution >= 0.6 is 0 Å². The summed E-state index contributed by atoms with van der Waals surface area (Å²) >= 11 is 0. The van der Waals surface area contributed by atoms with E-state index in [0.717, 1.165) is 22.6 Å². The highest BCUT2D eigenvalue weighted by Crippen LogP contribution is 2.23. The minimum absolute atomic E-state index is 0.713. The van der Waals surface area contributed by atoms with Crippen molar-refractivity contribution in [2.24, 2.45) is 0 Å². The summed E-state index contributed by atoms with van der Waals surface area (Å²) in [5.41, 5.74) is 2.44. The molecular weight excluding hydrogens is 240 g/mol. The molecule has 0 aliphatic carbocycles. The Morgan fingerprint density at radius 1 is 1.21 bits per heavy atom. The second-order valence-corrected chi connectivity index (χ2v) is 4.45. The molecule has 0 amide bonds. The summed E-state index contributed by atoms with van der Waals surface area (Å²) in [5, 5.41) is 14.5. The van der Waals surface area contributed by atoms with Crippen molar-refractivity contribution in [2.45, 2.75) is 13.0 Å². The van der Waals surface area contributed by atoms with E-state index in [1.54, 1.807) is 17.1 Å². The maximum atomic E-state index is 10.3. The summed E-state index contributed by atoms with van der Waals surface area (Å²) in [6.45, 7) is 1.85. The van der Waals surface area contributed by atoms with Crippen molar-refractivity contribution in [1.82, 2.24) is 9.78 Å². The van der Waals surface area contributed by atoms with Crippen molar-refractivity contribution in [2.75, 3.05) is 0 Å². The number of benzene rings is 1. The predicted octanol–water partition coefficient (Wildman–Crippen LogP) is 2.86. The first-order valence-electron chi connectivity index (χ1n) is 6.07.